The second kappa shape index (κ2) is 4.09. The van der Waals surface area contributed by atoms with Crippen LogP contribution in [-0.2, 0) is 9.59 Å². The highest BCUT2D eigenvalue weighted by molar-refractivity contribution is 9.10. The number of carbonyl (C=O) groups is 2. The Hall–Kier alpha value is -1.63. The Balaban J connectivity index is 2.40. The van der Waals surface area contributed by atoms with Gasteiger partial charge in [0.15, 0.2) is 18.2 Å². The number of rotatable bonds is 2. The van der Waals surface area contributed by atoms with Crippen molar-refractivity contribution in [2.24, 2.45) is 0 Å². The van der Waals surface area contributed by atoms with Gasteiger partial charge in [0, 0.05) is 10.7 Å². The molecular weight excluding hydrogens is 280 g/mol. The van der Waals surface area contributed by atoms with E-state index < -0.39 is 18.4 Å². The fraction of sp³-hybridized carbons (Fsp3) is 0.222. The molecule has 1 N–H and O–H groups in total. The van der Waals surface area contributed by atoms with E-state index in [0.29, 0.717) is 10.2 Å². The number of ether oxygens (including phenoxy) is 1. The fourth-order valence-corrected chi connectivity index (χ4v) is 1.67. The van der Waals surface area contributed by atoms with Gasteiger partial charge in [-0.15, -0.1) is 0 Å². The van der Waals surface area contributed by atoms with Crippen LogP contribution >= 0.6 is 15.9 Å². The first kappa shape index (κ1) is 10.9. The number of pyridine rings is 1. The highest BCUT2D eigenvalue weighted by Crippen LogP contribution is 2.31. The molecule has 0 saturated heterocycles. The van der Waals surface area contributed by atoms with Crippen molar-refractivity contribution in [1.82, 2.24) is 4.98 Å². The van der Waals surface area contributed by atoms with Crippen molar-refractivity contribution in [2.45, 2.75) is 0 Å². The molecule has 1 aliphatic heterocycles. The third-order valence-electron chi connectivity index (χ3n) is 2.00. The highest BCUT2D eigenvalue weighted by Gasteiger charge is 2.28. The van der Waals surface area contributed by atoms with Crippen molar-refractivity contribution >= 4 is 33.6 Å². The van der Waals surface area contributed by atoms with Crippen molar-refractivity contribution in [1.29, 1.82) is 0 Å². The lowest BCUT2D eigenvalue weighted by molar-refractivity contribution is -0.137. The number of carboxylic acid groups (broad SMARTS) is 1. The summed E-state index contributed by atoms with van der Waals surface area (Å²) in [5.41, 5.74) is 0. The van der Waals surface area contributed by atoms with Crippen LogP contribution in [0.15, 0.2) is 16.7 Å². The first-order valence-corrected chi connectivity index (χ1v) is 5.18. The van der Waals surface area contributed by atoms with Crippen LogP contribution in [0.1, 0.15) is 0 Å². The third kappa shape index (κ3) is 1.99. The Kier molecular flexibility index (Phi) is 2.78. The van der Waals surface area contributed by atoms with Gasteiger partial charge in [-0.25, -0.2) is 4.98 Å². The SMILES string of the molecule is O=C(O)CN1C(=O)COc2cc(Br)cnc21. The summed E-state index contributed by atoms with van der Waals surface area (Å²) < 4.78 is 5.86. The summed E-state index contributed by atoms with van der Waals surface area (Å²) in [4.78, 5) is 27.1. The number of fused-ring (bicyclic) bond motifs is 1. The zero-order valence-corrected chi connectivity index (χ0v) is 9.60. The fourth-order valence-electron chi connectivity index (χ4n) is 1.36. The van der Waals surface area contributed by atoms with E-state index in [-0.39, 0.29) is 12.4 Å². The summed E-state index contributed by atoms with van der Waals surface area (Å²) in [5, 5.41) is 8.69. The van der Waals surface area contributed by atoms with Crippen LogP contribution in [-0.4, -0.2) is 35.1 Å². The van der Waals surface area contributed by atoms with Gasteiger partial charge in [-0.1, -0.05) is 0 Å². The van der Waals surface area contributed by atoms with Gasteiger partial charge in [0.1, 0.15) is 6.54 Å². The molecule has 0 atom stereocenters. The van der Waals surface area contributed by atoms with E-state index in [9.17, 15) is 9.59 Å². The van der Waals surface area contributed by atoms with Crippen LogP contribution in [0.4, 0.5) is 5.82 Å². The molecule has 1 aromatic heterocycles. The largest absolute Gasteiger partial charge is 0.480 e. The normalized spacial score (nSPS) is 14.3. The van der Waals surface area contributed by atoms with Crippen LogP contribution in [0.25, 0.3) is 0 Å². The van der Waals surface area contributed by atoms with Crippen LogP contribution in [0.3, 0.4) is 0 Å². The minimum absolute atomic E-state index is 0.168. The zero-order valence-electron chi connectivity index (χ0n) is 8.01. The number of nitrogens with zero attached hydrogens (tertiary/aromatic N) is 2. The van der Waals surface area contributed by atoms with Gasteiger partial charge in [0.2, 0.25) is 0 Å². The lowest BCUT2D eigenvalue weighted by Crippen LogP contribution is -2.42. The predicted octanol–water partition coefficient (Wildman–Crippen LogP) is 0.654. The van der Waals surface area contributed by atoms with Gasteiger partial charge in [-0.05, 0) is 22.0 Å². The Labute approximate surface area is 99.0 Å². The van der Waals surface area contributed by atoms with E-state index in [2.05, 4.69) is 20.9 Å². The van der Waals surface area contributed by atoms with Crippen molar-refractivity contribution in [2.75, 3.05) is 18.1 Å². The molecule has 1 aliphatic rings. The van der Waals surface area contributed by atoms with Crippen LogP contribution in [0.5, 0.6) is 5.75 Å². The summed E-state index contributed by atoms with van der Waals surface area (Å²) in [6.07, 6.45) is 1.48. The Bertz CT molecular complexity index is 463. The smallest absolute Gasteiger partial charge is 0.323 e. The minimum Gasteiger partial charge on any atom is -0.480 e. The van der Waals surface area contributed by atoms with E-state index in [4.69, 9.17) is 9.84 Å². The maximum Gasteiger partial charge on any atom is 0.323 e. The van der Waals surface area contributed by atoms with Gasteiger partial charge in [0.25, 0.3) is 5.91 Å². The molecule has 1 amide bonds. The lowest BCUT2D eigenvalue weighted by Gasteiger charge is -2.26. The molecule has 16 heavy (non-hydrogen) atoms. The maximum absolute atomic E-state index is 11.5. The van der Waals surface area contributed by atoms with Crippen molar-refractivity contribution < 1.29 is 19.4 Å². The summed E-state index contributed by atoms with van der Waals surface area (Å²) in [7, 11) is 0. The van der Waals surface area contributed by atoms with E-state index in [1.54, 1.807) is 6.07 Å². The van der Waals surface area contributed by atoms with Crippen molar-refractivity contribution in [3.05, 3.63) is 16.7 Å². The third-order valence-corrected chi connectivity index (χ3v) is 2.43. The lowest BCUT2D eigenvalue weighted by atomic mass is 10.3. The molecule has 0 aliphatic carbocycles. The number of hydrogen-bond acceptors (Lipinski definition) is 4. The van der Waals surface area contributed by atoms with Crippen LogP contribution in [0, 0.1) is 0 Å². The number of halogens is 1. The van der Waals surface area contributed by atoms with Gasteiger partial charge in [-0.2, -0.15) is 0 Å². The molecule has 0 saturated carbocycles. The molecule has 2 heterocycles. The van der Waals surface area contributed by atoms with E-state index in [1.807, 2.05) is 0 Å². The topological polar surface area (TPSA) is 79.7 Å². The molecule has 0 aromatic carbocycles. The quantitative estimate of drug-likeness (QED) is 0.864. The average Bonchev–Trinajstić information content (AvgIpc) is 2.22. The summed E-state index contributed by atoms with van der Waals surface area (Å²) in [5.74, 6) is -0.868. The Morgan fingerprint density at radius 1 is 1.69 bits per heavy atom. The molecule has 2 rings (SSSR count). The van der Waals surface area contributed by atoms with Crippen molar-refractivity contribution in [3.8, 4) is 5.75 Å². The molecule has 7 heteroatoms. The molecule has 0 spiro atoms. The van der Waals surface area contributed by atoms with Gasteiger partial charge in [-0.3, -0.25) is 14.5 Å². The molecule has 0 bridgehead atoms. The maximum atomic E-state index is 11.5. The number of carbonyl (C=O) groups excluding carboxylic acids is 1. The van der Waals surface area contributed by atoms with Crippen LogP contribution in [0.2, 0.25) is 0 Å². The van der Waals surface area contributed by atoms with Crippen molar-refractivity contribution in [3.63, 3.8) is 0 Å². The average molecular weight is 287 g/mol. The Morgan fingerprint density at radius 2 is 2.44 bits per heavy atom. The number of anilines is 1. The van der Waals surface area contributed by atoms with E-state index in [0.717, 1.165) is 4.90 Å². The summed E-state index contributed by atoms with van der Waals surface area (Å²) >= 11 is 3.21. The number of aliphatic carboxylic acids is 1. The second-order valence-corrected chi connectivity index (χ2v) is 4.05. The van der Waals surface area contributed by atoms with Gasteiger partial charge >= 0.3 is 5.97 Å². The highest BCUT2D eigenvalue weighted by atomic mass is 79.9. The number of carboxylic acids is 1. The van der Waals surface area contributed by atoms with Gasteiger partial charge in [0.05, 0.1) is 0 Å². The molecular formula is C9H7BrN2O4. The summed E-state index contributed by atoms with van der Waals surface area (Å²) in [6.45, 7) is -0.581. The zero-order chi connectivity index (χ0) is 11.7. The number of amides is 1. The molecule has 1 aromatic rings. The van der Waals surface area contributed by atoms with E-state index in [1.165, 1.54) is 6.20 Å². The monoisotopic (exact) mass is 286 g/mol. The first-order valence-electron chi connectivity index (χ1n) is 4.38. The molecule has 0 fully saturated rings. The summed E-state index contributed by atoms with van der Waals surface area (Å²) in [6, 6.07) is 1.64. The Morgan fingerprint density at radius 3 is 3.12 bits per heavy atom. The van der Waals surface area contributed by atoms with Crippen LogP contribution < -0.4 is 9.64 Å². The molecule has 6 nitrogen and oxygen atoms in total. The first-order chi connectivity index (χ1) is 7.58. The molecule has 84 valence electrons. The van der Waals surface area contributed by atoms with E-state index >= 15 is 0 Å². The predicted molar refractivity (Wildman–Crippen MR) is 57.4 cm³/mol. The molecule has 0 unspecified atom stereocenters. The minimum atomic E-state index is -1.09. The number of aromatic nitrogens is 1. The second-order valence-electron chi connectivity index (χ2n) is 3.14. The number of hydrogen-bond donors (Lipinski definition) is 1. The molecule has 0 radical (unpaired) electrons. The van der Waals surface area contributed by atoms with Gasteiger partial charge < -0.3 is 9.84 Å². The standard InChI is InChI=1S/C9H7BrN2O4/c10-5-1-6-9(11-2-5)12(3-8(14)15)7(13)4-16-6/h1-2H,3-4H2,(H,14,15).